The van der Waals surface area contributed by atoms with Crippen molar-refractivity contribution in [2.75, 3.05) is 14.2 Å². The van der Waals surface area contributed by atoms with Crippen LogP contribution in [0, 0.1) is 6.92 Å². The molecule has 0 unspecified atom stereocenters. The summed E-state index contributed by atoms with van der Waals surface area (Å²) in [6.07, 6.45) is 0. The summed E-state index contributed by atoms with van der Waals surface area (Å²) in [7, 11) is 2.77. The number of aromatic hydroxyl groups is 3. The maximum atomic E-state index is 12.4. The molecule has 3 N–H and O–H groups in total. The van der Waals surface area contributed by atoms with Gasteiger partial charge in [-0.25, -0.2) is 0 Å². The van der Waals surface area contributed by atoms with E-state index >= 15 is 0 Å². The Balaban J connectivity index is 2.34. The minimum atomic E-state index is -0.470. The molecule has 2 aromatic carbocycles. The molecule has 1 aromatic heterocycles. The van der Waals surface area contributed by atoms with Crippen LogP contribution in [0.25, 0.3) is 22.3 Å². The van der Waals surface area contributed by atoms with E-state index in [-0.39, 0.29) is 45.5 Å². The van der Waals surface area contributed by atoms with Gasteiger partial charge in [-0.15, -0.1) is 0 Å². The number of fused-ring (bicyclic) bond motifs is 1. The Morgan fingerprint density at radius 1 is 0.920 bits per heavy atom. The van der Waals surface area contributed by atoms with Crippen molar-refractivity contribution in [3.05, 3.63) is 40.1 Å². The van der Waals surface area contributed by atoms with Crippen molar-refractivity contribution in [1.29, 1.82) is 0 Å². The van der Waals surface area contributed by atoms with Gasteiger partial charge in [0.1, 0.15) is 28.2 Å². The fourth-order valence-electron chi connectivity index (χ4n) is 2.60. The first-order valence-electron chi connectivity index (χ1n) is 7.32. The highest BCUT2D eigenvalue weighted by molar-refractivity contribution is 5.89. The average molecular weight is 344 g/mol. The van der Waals surface area contributed by atoms with Crippen LogP contribution in [0.2, 0.25) is 0 Å². The zero-order valence-corrected chi connectivity index (χ0v) is 13.8. The molecule has 0 atom stereocenters. The predicted molar refractivity (Wildman–Crippen MR) is 90.8 cm³/mol. The molecule has 0 saturated carbocycles. The average Bonchev–Trinajstić information content (AvgIpc) is 2.59. The van der Waals surface area contributed by atoms with Crippen molar-refractivity contribution in [3.63, 3.8) is 0 Å². The summed E-state index contributed by atoms with van der Waals surface area (Å²) in [6, 6.07) is 5.28. The van der Waals surface area contributed by atoms with Crippen molar-refractivity contribution in [2.24, 2.45) is 0 Å². The van der Waals surface area contributed by atoms with E-state index in [1.54, 1.807) is 6.92 Å². The lowest BCUT2D eigenvalue weighted by Gasteiger charge is -2.12. The molecule has 3 rings (SSSR count). The first-order chi connectivity index (χ1) is 11.9. The second-order valence-electron chi connectivity index (χ2n) is 5.45. The van der Waals surface area contributed by atoms with Crippen molar-refractivity contribution >= 4 is 11.0 Å². The molecule has 7 heteroatoms. The van der Waals surface area contributed by atoms with E-state index in [1.807, 2.05) is 0 Å². The SMILES string of the molecule is COc1cc(-c2cc(=O)c3c(O)cc(O)c(C)c3o2)cc(OC)c1O. The molecular weight excluding hydrogens is 328 g/mol. The molecule has 130 valence electrons. The van der Waals surface area contributed by atoms with E-state index in [2.05, 4.69) is 0 Å². The van der Waals surface area contributed by atoms with E-state index in [1.165, 1.54) is 32.4 Å². The Labute approximate surface area is 142 Å². The Kier molecular flexibility index (Phi) is 3.92. The van der Waals surface area contributed by atoms with Gasteiger partial charge in [-0.05, 0) is 19.1 Å². The molecular formula is C18H16O7. The van der Waals surface area contributed by atoms with Gasteiger partial charge in [0, 0.05) is 23.3 Å². The second kappa shape index (κ2) is 5.94. The Bertz CT molecular complexity index is 1010. The van der Waals surface area contributed by atoms with Gasteiger partial charge >= 0.3 is 0 Å². The normalized spacial score (nSPS) is 10.8. The third kappa shape index (κ3) is 2.59. The summed E-state index contributed by atoms with van der Waals surface area (Å²) < 4.78 is 15.9. The van der Waals surface area contributed by atoms with E-state index < -0.39 is 5.43 Å². The van der Waals surface area contributed by atoms with Gasteiger partial charge in [0.25, 0.3) is 0 Å². The minimum absolute atomic E-state index is 0.0169. The molecule has 7 nitrogen and oxygen atoms in total. The highest BCUT2D eigenvalue weighted by Crippen LogP contribution is 2.41. The number of ether oxygens (including phenoxy) is 2. The quantitative estimate of drug-likeness (QED) is 0.670. The van der Waals surface area contributed by atoms with Gasteiger partial charge in [-0.3, -0.25) is 4.79 Å². The highest BCUT2D eigenvalue weighted by atomic mass is 16.5. The van der Waals surface area contributed by atoms with E-state index in [4.69, 9.17) is 13.9 Å². The van der Waals surface area contributed by atoms with E-state index in [0.29, 0.717) is 11.1 Å². The summed E-state index contributed by atoms with van der Waals surface area (Å²) >= 11 is 0. The van der Waals surface area contributed by atoms with Gasteiger partial charge in [-0.2, -0.15) is 0 Å². The summed E-state index contributed by atoms with van der Waals surface area (Å²) in [5.74, 6) is -0.267. The fourth-order valence-corrected chi connectivity index (χ4v) is 2.60. The first-order valence-corrected chi connectivity index (χ1v) is 7.32. The lowest BCUT2D eigenvalue weighted by atomic mass is 10.1. The molecule has 0 saturated heterocycles. The van der Waals surface area contributed by atoms with Crippen molar-refractivity contribution in [3.8, 4) is 40.1 Å². The third-order valence-electron chi connectivity index (χ3n) is 3.97. The monoisotopic (exact) mass is 344 g/mol. The van der Waals surface area contributed by atoms with Crippen molar-refractivity contribution in [2.45, 2.75) is 6.92 Å². The van der Waals surface area contributed by atoms with Crippen LogP contribution < -0.4 is 14.9 Å². The molecule has 0 bridgehead atoms. The molecule has 0 aliphatic heterocycles. The molecule has 0 aliphatic carbocycles. The van der Waals surface area contributed by atoms with Gasteiger partial charge in [0.05, 0.1) is 14.2 Å². The highest BCUT2D eigenvalue weighted by Gasteiger charge is 2.18. The summed E-state index contributed by atoms with van der Waals surface area (Å²) in [5.41, 5.74) is 0.353. The van der Waals surface area contributed by atoms with Crippen LogP contribution in [-0.2, 0) is 0 Å². The molecule has 0 aliphatic rings. The van der Waals surface area contributed by atoms with E-state index in [0.717, 1.165) is 6.07 Å². The van der Waals surface area contributed by atoms with Gasteiger partial charge in [-0.1, -0.05) is 0 Å². The van der Waals surface area contributed by atoms with Crippen LogP contribution in [-0.4, -0.2) is 29.5 Å². The molecule has 0 spiro atoms. The lowest BCUT2D eigenvalue weighted by molar-refractivity contribution is 0.340. The van der Waals surface area contributed by atoms with Crippen molar-refractivity contribution in [1.82, 2.24) is 0 Å². The number of phenolic OH excluding ortho intramolecular Hbond substituents is 3. The zero-order valence-electron chi connectivity index (χ0n) is 13.8. The number of methoxy groups -OCH3 is 2. The van der Waals surface area contributed by atoms with Crippen LogP contribution in [0.15, 0.2) is 33.5 Å². The Morgan fingerprint density at radius 2 is 1.52 bits per heavy atom. The smallest absolute Gasteiger partial charge is 0.200 e. The number of rotatable bonds is 3. The maximum Gasteiger partial charge on any atom is 0.200 e. The standard InChI is InChI=1S/C18H16O7/c1-8-10(19)6-11(20)16-12(21)7-13(25-18(8)16)9-4-14(23-2)17(22)15(5-9)24-3/h4-7,19-20,22H,1-3H3. The Morgan fingerprint density at radius 3 is 2.08 bits per heavy atom. The number of aryl methyl sites for hydroxylation is 1. The van der Waals surface area contributed by atoms with E-state index in [9.17, 15) is 20.1 Å². The molecule has 3 aromatic rings. The third-order valence-corrected chi connectivity index (χ3v) is 3.97. The van der Waals surface area contributed by atoms with Gasteiger partial charge in [0.2, 0.25) is 5.75 Å². The van der Waals surface area contributed by atoms with Crippen molar-refractivity contribution < 1.29 is 29.2 Å². The van der Waals surface area contributed by atoms with Crippen LogP contribution in [0.1, 0.15) is 5.56 Å². The molecule has 1 heterocycles. The number of hydrogen-bond acceptors (Lipinski definition) is 7. The predicted octanol–water partition coefficient (Wildman–Crippen LogP) is 2.90. The largest absolute Gasteiger partial charge is 0.507 e. The summed E-state index contributed by atoms with van der Waals surface area (Å²) in [5, 5.41) is 29.8. The number of benzene rings is 2. The van der Waals surface area contributed by atoms with Crippen LogP contribution in [0.5, 0.6) is 28.7 Å². The van der Waals surface area contributed by atoms with Crippen LogP contribution in [0.3, 0.4) is 0 Å². The van der Waals surface area contributed by atoms with Crippen LogP contribution in [0.4, 0.5) is 0 Å². The Hall–Kier alpha value is -3.35. The number of phenols is 3. The molecule has 25 heavy (non-hydrogen) atoms. The zero-order chi connectivity index (χ0) is 18.3. The van der Waals surface area contributed by atoms with Gasteiger partial charge < -0.3 is 29.2 Å². The minimum Gasteiger partial charge on any atom is -0.507 e. The number of hydrogen-bond donors (Lipinski definition) is 3. The summed E-state index contributed by atoms with van der Waals surface area (Å²) in [4.78, 5) is 12.4. The molecule has 0 radical (unpaired) electrons. The second-order valence-corrected chi connectivity index (χ2v) is 5.45. The lowest BCUT2D eigenvalue weighted by Crippen LogP contribution is -2.02. The first kappa shape index (κ1) is 16.5. The molecule has 0 amide bonds. The van der Waals surface area contributed by atoms with Crippen LogP contribution >= 0.6 is 0 Å². The molecule has 0 fully saturated rings. The van der Waals surface area contributed by atoms with Gasteiger partial charge in [0.15, 0.2) is 16.9 Å². The fraction of sp³-hybridized carbons (Fsp3) is 0.167. The maximum absolute atomic E-state index is 12.4. The topological polar surface area (TPSA) is 109 Å². The summed E-state index contributed by atoms with van der Waals surface area (Å²) in [6.45, 7) is 1.57.